The summed E-state index contributed by atoms with van der Waals surface area (Å²) in [5.74, 6) is 0.562. The Morgan fingerprint density at radius 1 is 1.20 bits per heavy atom. The van der Waals surface area contributed by atoms with E-state index in [1.54, 1.807) is 7.11 Å². The van der Waals surface area contributed by atoms with Crippen LogP contribution in [0.4, 0.5) is 0 Å². The minimum absolute atomic E-state index is 0.356. The van der Waals surface area contributed by atoms with Gasteiger partial charge in [-0.1, -0.05) is 32.0 Å². The van der Waals surface area contributed by atoms with Crippen LogP contribution in [0.1, 0.15) is 37.3 Å². The van der Waals surface area contributed by atoms with Gasteiger partial charge in [-0.3, -0.25) is 0 Å². The summed E-state index contributed by atoms with van der Waals surface area (Å²) >= 11 is 1.90. The molecule has 0 bridgehead atoms. The van der Waals surface area contributed by atoms with Crippen LogP contribution < -0.4 is 5.32 Å². The molecule has 0 aliphatic heterocycles. The quantitative estimate of drug-likeness (QED) is 0.844. The molecular weight excluding hydrogens is 266 g/mol. The second kappa shape index (κ2) is 6.70. The molecular formula is C17H25NOS. The van der Waals surface area contributed by atoms with Gasteiger partial charge in [0.2, 0.25) is 0 Å². The fraction of sp³-hybridized carbons (Fsp3) is 0.529. The van der Waals surface area contributed by atoms with Crippen molar-refractivity contribution in [3.8, 4) is 0 Å². The van der Waals surface area contributed by atoms with Gasteiger partial charge in [0.25, 0.3) is 0 Å². The van der Waals surface area contributed by atoms with Crippen molar-refractivity contribution in [2.75, 3.05) is 13.7 Å². The molecule has 1 aromatic carbocycles. The first-order chi connectivity index (χ1) is 9.54. The standard InChI is InChI=1S/C17H25NOS/c1-11(2)15(10-19-5)18-13(4)17-12(3)14-8-6-7-9-16(14)20-17/h6-9,11,13,15,18H,10H2,1-5H3. The molecule has 0 saturated carbocycles. The van der Waals surface area contributed by atoms with E-state index in [0.29, 0.717) is 18.0 Å². The van der Waals surface area contributed by atoms with E-state index >= 15 is 0 Å². The minimum Gasteiger partial charge on any atom is -0.383 e. The van der Waals surface area contributed by atoms with Gasteiger partial charge in [-0.15, -0.1) is 11.3 Å². The van der Waals surface area contributed by atoms with Crippen molar-refractivity contribution in [1.82, 2.24) is 5.32 Å². The molecule has 1 aromatic heterocycles. The Bertz CT molecular complexity index is 561. The van der Waals surface area contributed by atoms with Gasteiger partial charge in [-0.2, -0.15) is 0 Å². The smallest absolute Gasteiger partial charge is 0.0618 e. The third-order valence-electron chi connectivity index (χ3n) is 3.89. The topological polar surface area (TPSA) is 21.3 Å². The highest BCUT2D eigenvalue weighted by atomic mass is 32.1. The van der Waals surface area contributed by atoms with Gasteiger partial charge in [0, 0.05) is 28.8 Å². The molecule has 2 rings (SSSR count). The Labute approximate surface area is 126 Å². The Hall–Kier alpha value is -0.900. The molecule has 110 valence electrons. The predicted molar refractivity (Wildman–Crippen MR) is 88.6 cm³/mol. The highest BCUT2D eigenvalue weighted by molar-refractivity contribution is 7.19. The fourth-order valence-electron chi connectivity index (χ4n) is 2.62. The Morgan fingerprint density at radius 3 is 2.50 bits per heavy atom. The first-order valence-electron chi connectivity index (χ1n) is 7.27. The Kier molecular flexibility index (Phi) is 5.19. The first kappa shape index (κ1) is 15.5. The number of hydrogen-bond donors (Lipinski definition) is 1. The molecule has 20 heavy (non-hydrogen) atoms. The fourth-order valence-corrected chi connectivity index (χ4v) is 3.84. The molecule has 1 heterocycles. The summed E-state index contributed by atoms with van der Waals surface area (Å²) in [6.07, 6.45) is 0. The van der Waals surface area contributed by atoms with Crippen LogP contribution in [0.2, 0.25) is 0 Å². The van der Waals surface area contributed by atoms with Crippen LogP contribution in [0, 0.1) is 12.8 Å². The van der Waals surface area contributed by atoms with Crippen molar-refractivity contribution in [3.05, 3.63) is 34.7 Å². The Morgan fingerprint density at radius 2 is 1.90 bits per heavy atom. The van der Waals surface area contributed by atoms with Gasteiger partial charge in [0.1, 0.15) is 0 Å². The van der Waals surface area contributed by atoms with Crippen LogP contribution in [-0.4, -0.2) is 19.8 Å². The maximum atomic E-state index is 5.33. The van der Waals surface area contributed by atoms with Crippen molar-refractivity contribution in [2.24, 2.45) is 5.92 Å². The number of thiophene rings is 1. The molecule has 0 radical (unpaired) electrons. The summed E-state index contributed by atoms with van der Waals surface area (Å²) in [7, 11) is 1.77. The van der Waals surface area contributed by atoms with E-state index < -0.39 is 0 Å². The van der Waals surface area contributed by atoms with Gasteiger partial charge in [0.05, 0.1) is 6.61 Å². The largest absolute Gasteiger partial charge is 0.383 e. The number of hydrogen-bond acceptors (Lipinski definition) is 3. The molecule has 2 unspecified atom stereocenters. The SMILES string of the molecule is COCC(NC(C)c1sc2ccccc2c1C)C(C)C. The summed E-state index contributed by atoms with van der Waals surface area (Å²) in [5.41, 5.74) is 1.41. The summed E-state index contributed by atoms with van der Waals surface area (Å²) in [4.78, 5) is 1.44. The van der Waals surface area contributed by atoms with Crippen molar-refractivity contribution in [3.63, 3.8) is 0 Å². The highest BCUT2D eigenvalue weighted by Gasteiger charge is 2.20. The summed E-state index contributed by atoms with van der Waals surface area (Å²) < 4.78 is 6.71. The van der Waals surface area contributed by atoms with E-state index in [0.717, 1.165) is 6.61 Å². The maximum Gasteiger partial charge on any atom is 0.0618 e. The molecule has 3 heteroatoms. The van der Waals surface area contributed by atoms with E-state index in [2.05, 4.69) is 57.3 Å². The highest BCUT2D eigenvalue weighted by Crippen LogP contribution is 2.34. The maximum absolute atomic E-state index is 5.33. The molecule has 0 saturated heterocycles. The summed E-state index contributed by atoms with van der Waals surface area (Å²) in [5, 5.41) is 5.10. The van der Waals surface area contributed by atoms with Gasteiger partial charge < -0.3 is 10.1 Å². The monoisotopic (exact) mass is 291 g/mol. The zero-order valence-corrected chi connectivity index (χ0v) is 13.9. The lowest BCUT2D eigenvalue weighted by Crippen LogP contribution is -2.39. The second-order valence-electron chi connectivity index (χ2n) is 5.78. The second-order valence-corrected chi connectivity index (χ2v) is 6.87. The van der Waals surface area contributed by atoms with Gasteiger partial charge in [-0.05, 0) is 36.8 Å². The number of methoxy groups -OCH3 is 1. The number of nitrogens with one attached hydrogen (secondary N) is 1. The first-order valence-corrected chi connectivity index (χ1v) is 8.09. The van der Waals surface area contributed by atoms with Crippen LogP contribution in [-0.2, 0) is 4.74 Å². The van der Waals surface area contributed by atoms with Crippen LogP contribution in [0.5, 0.6) is 0 Å². The van der Waals surface area contributed by atoms with E-state index in [4.69, 9.17) is 4.74 Å². The average molecular weight is 291 g/mol. The van der Waals surface area contributed by atoms with Crippen LogP contribution >= 0.6 is 11.3 Å². The van der Waals surface area contributed by atoms with Crippen LogP contribution in [0.25, 0.3) is 10.1 Å². The van der Waals surface area contributed by atoms with Crippen molar-refractivity contribution < 1.29 is 4.74 Å². The molecule has 2 nitrogen and oxygen atoms in total. The van der Waals surface area contributed by atoms with E-state index in [1.807, 2.05) is 11.3 Å². The normalized spacial score (nSPS) is 14.9. The molecule has 2 atom stereocenters. The lowest BCUT2D eigenvalue weighted by Gasteiger charge is -2.25. The van der Waals surface area contributed by atoms with Gasteiger partial charge >= 0.3 is 0 Å². The number of aryl methyl sites for hydroxylation is 1. The lowest BCUT2D eigenvalue weighted by molar-refractivity contribution is 0.142. The van der Waals surface area contributed by atoms with Crippen molar-refractivity contribution in [1.29, 1.82) is 0 Å². The van der Waals surface area contributed by atoms with Crippen LogP contribution in [0.3, 0.4) is 0 Å². The molecule has 0 aliphatic rings. The zero-order valence-electron chi connectivity index (χ0n) is 13.1. The molecule has 0 spiro atoms. The predicted octanol–water partition coefficient (Wildman–Crippen LogP) is 4.53. The van der Waals surface area contributed by atoms with E-state index in [1.165, 1.54) is 20.5 Å². The van der Waals surface area contributed by atoms with E-state index in [-0.39, 0.29) is 0 Å². The van der Waals surface area contributed by atoms with Crippen LogP contribution in [0.15, 0.2) is 24.3 Å². The number of rotatable bonds is 6. The third kappa shape index (κ3) is 3.22. The van der Waals surface area contributed by atoms with Gasteiger partial charge in [-0.25, -0.2) is 0 Å². The number of fused-ring (bicyclic) bond motifs is 1. The Balaban J connectivity index is 2.22. The summed E-state index contributed by atoms with van der Waals surface area (Å²) in [6, 6.07) is 9.40. The lowest BCUT2D eigenvalue weighted by atomic mass is 10.0. The van der Waals surface area contributed by atoms with E-state index in [9.17, 15) is 0 Å². The van der Waals surface area contributed by atoms with Crippen molar-refractivity contribution in [2.45, 2.75) is 39.8 Å². The molecule has 0 fully saturated rings. The third-order valence-corrected chi connectivity index (χ3v) is 5.34. The molecule has 0 amide bonds. The molecule has 0 aliphatic carbocycles. The zero-order chi connectivity index (χ0) is 14.7. The number of ether oxygens (including phenoxy) is 1. The van der Waals surface area contributed by atoms with Crippen molar-refractivity contribution >= 4 is 21.4 Å². The average Bonchev–Trinajstić information content (AvgIpc) is 2.76. The molecule has 1 N–H and O–H groups in total. The minimum atomic E-state index is 0.356. The van der Waals surface area contributed by atoms with Gasteiger partial charge in [0.15, 0.2) is 0 Å². The summed E-state index contributed by atoms with van der Waals surface area (Å²) in [6.45, 7) is 9.71. The number of benzene rings is 1. The molecule has 2 aromatic rings.